The first-order valence-corrected chi connectivity index (χ1v) is 14.6. The smallest absolute Gasteiger partial charge is 0.303 e. The first kappa shape index (κ1) is 30.7. The largest absolute Gasteiger partial charge is 0.481 e. The van der Waals surface area contributed by atoms with Crippen LogP contribution in [0.5, 0.6) is 0 Å². The van der Waals surface area contributed by atoms with Gasteiger partial charge in [-0.25, -0.2) is 4.98 Å². The summed E-state index contributed by atoms with van der Waals surface area (Å²) >= 11 is 6.66. The third-order valence-electron chi connectivity index (χ3n) is 6.21. The fraction of sp³-hybridized carbons (Fsp3) is 0.519. The monoisotopic (exact) mass is 576 g/mol. The number of pyridine rings is 1. The second-order valence-corrected chi connectivity index (χ2v) is 10.9. The second kappa shape index (κ2) is 16.3. The third kappa shape index (κ3) is 9.41. The summed E-state index contributed by atoms with van der Waals surface area (Å²) in [5, 5.41) is 20.7. The van der Waals surface area contributed by atoms with Crippen molar-refractivity contribution in [1.29, 1.82) is 0 Å². The minimum atomic E-state index is -0.737. The van der Waals surface area contributed by atoms with Gasteiger partial charge in [0, 0.05) is 25.7 Å². The van der Waals surface area contributed by atoms with Crippen LogP contribution in [0.2, 0.25) is 0 Å². The number of carbonyl (C=O) groups excluding carboxylic acids is 1. The highest BCUT2D eigenvalue weighted by Gasteiger charge is 2.32. The molecule has 3 N–H and O–H groups in total. The number of carboxylic acids is 1. The second-order valence-electron chi connectivity index (χ2n) is 9.18. The summed E-state index contributed by atoms with van der Waals surface area (Å²) in [6, 6.07) is 5.27. The molecule has 0 aromatic carbocycles. The van der Waals surface area contributed by atoms with Gasteiger partial charge in [0.15, 0.2) is 0 Å². The molecule has 0 saturated carbocycles. The summed E-state index contributed by atoms with van der Waals surface area (Å²) in [4.78, 5) is 43.6. The summed E-state index contributed by atoms with van der Waals surface area (Å²) in [6.45, 7) is 1.38. The molecule has 0 atom stereocenters. The predicted octanol–water partition coefficient (Wildman–Crippen LogP) is 3.91. The maximum Gasteiger partial charge on any atom is 0.303 e. The number of fused-ring (bicyclic) bond motifs is 1. The Morgan fingerprint density at radius 1 is 1.08 bits per heavy atom. The topological polar surface area (TPSA) is 133 Å². The highest BCUT2D eigenvalue weighted by atomic mass is 32.2. The number of aliphatic hydroxyl groups excluding tert-OH is 1. The Morgan fingerprint density at radius 2 is 1.79 bits per heavy atom. The molecular weight excluding hydrogens is 540 g/mol. The number of aromatic nitrogens is 2. The van der Waals surface area contributed by atoms with Crippen LogP contribution in [-0.4, -0.2) is 73.6 Å². The van der Waals surface area contributed by atoms with E-state index in [4.69, 9.17) is 27.2 Å². The molecule has 0 unspecified atom stereocenters. The molecule has 2 aromatic rings. The van der Waals surface area contributed by atoms with E-state index < -0.39 is 5.97 Å². The number of thiocarbonyl (C=S) groups is 1. The molecule has 0 radical (unpaired) electrons. The molecule has 1 fully saturated rings. The van der Waals surface area contributed by atoms with Gasteiger partial charge in [0.1, 0.15) is 15.8 Å². The van der Waals surface area contributed by atoms with Crippen LogP contribution >= 0.6 is 24.0 Å². The van der Waals surface area contributed by atoms with Crippen LogP contribution in [0.4, 0.5) is 5.82 Å². The first-order chi connectivity index (χ1) is 18.9. The van der Waals surface area contributed by atoms with Crippen LogP contribution in [0.15, 0.2) is 34.1 Å². The van der Waals surface area contributed by atoms with E-state index >= 15 is 0 Å². The Hall–Kier alpha value is -2.80. The van der Waals surface area contributed by atoms with E-state index in [1.165, 1.54) is 16.2 Å². The Morgan fingerprint density at radius 3 is 2.51 bits per heavy atom. The minimum Gasteiger partial charge on any atom is -0.481 e. The Balaban J connectivity index is 1.58. The van der Waals surface area contributed by atoms with Crippen molar-refractivity contribution >= 4 is 57.7 Å². The summed E-state index contributed by atoms with van der Waals surface area (Å²) in [7, 11) is 0. The number of hydrogen-bond donors (Lipinski definition) is 3. The zero-order valence-electron chi connectivity index (χ0n) is 22.0. The summed E-state index contributed by atoms with van der Waals surface area (Å²) in [6.07, 6.45) is 11.2. The minimum absolute atomic E-state index is 0.0706. The van der Waals surface area contributed by atoms with Crippen molar-refractivity contribution in [3.8, 4) is 0 Å². The zero-order chi connectivity index (χ0) is 28.0. The number of hydrogen-bond acceptors (Lipinski definition) is 9. The molecular formula is C27H36N4O6S2. The van der Waals surface area contributed by atoms with Crippen LogP contribution < -0.4 is 10.9 Å². The standard InChI is InChI=1S/C27H36N4O6S2/c32-16-18-37-17-13-28-24-20(25(35)30-14-10-8-11-22(30)29-24)19-21-26(36)31(27(38)39-21)15-9-6-4-2-1-3-5-7-12-23(33)34/h8,10-11,14,19,28,32H,1-7,9,12-13,15-18H2,(H,33,34). The molecule has 1 aliphatic heterocycles. The lowest BCUT2D eigenvalue weighted by Crippen LogP contribution is -2.29. The number of anilines is 1. The molecule has 1 aliphatic rings. The van der Waals surface area contributed by atoms with E-state index in [-0.39, 0.29) is 36.7 Å². The highest BCUT2D eigenvalue weighted by molar-refractivity contribution is 8.26. The number of nitrogens with zero attached hydrogens (tertiary/aromatic N) is 3. The molecule has 0 aliphatic carbocycles. The molecule has 2 aromatic heterocycles. The van der Waals surface area contributed by atoms with Crippen molar-refractivity contribution in [2.45, 2.75) is 57.8 Å². The molecule has 39 heavy (non-hydrogen) atoms. The van der Waals surface area contributed by atoms with Crippen molar-refractivity contribution in [3.63, 3.8) is 0 Å². The Bertz CT molecular complexity index is 1230. The van der Waals surface area contributed by atoms with Crippen LogP contribution in [0.3, 0.4) is 0 Å². The van der Waals surface area contributed by atoms with E-state index in [9.17, 15) is 14.4 Å². The number of nitrogens with one attached hydrogen (secondary N) is 1. The van der Waals surface area contributed by atoms with Gasteiger partial charge < -0.3 is 20.3 Å². The molecule has 3 heterocycles. The van der Waals surface area contributed by atoms with Gasteiger partial charge in [0.2, 0.25) is 0 Å². The Kier molecular flexibility index (Phi) is 12.9. The molecule has 212 valence electrons. The summed E-state index contributed by atoms with van der Waals surface area (Å²) in [5.41, 5.74) is 0.448. The number of thioether (sulfide) groups is 1. The fourth-order valence-electron chi connectivity index (χ4n) is 4.21. The molecule has 12 heteroatoms. The van der Waals surface area contributed by atoms with E-state index in [0.29, 0.717) is 40.4 Å². The zero-order valence-corrected chi connectivity index (χ0v) is 23.6. The quantitative estimate of drug-likeness (QED) is 0.136. The van der Waals surface area contributed by atoms with Gasteiger partial charge in [-0.3, -0.25) is 23.7 Å². The van der Waals surface area contributed by atoms with Crippen molar-refractivity contribution < 1.29 is 24.5 Å². The number of aliphatic hydroxyl groups is 1. The van der Waals surface area contributed by atoms with Gasteiger partial charge in [0.05, 0.1) is 30.3 Å². The van der Waals surface area contributed by atoms with Gasteiger partial charge >= 0.3 is 5.97 Å². The van der Waals surface area contributed by atoms with Gasteiger partial charge in [-0.05, 0) is 31.1 Å². The maximum atomic E-state index is 13.3. The van der Waals surface area contributed by atoms with E-state index in [0.717, 1.165) is 51.4 Å². The van der Waals surface area contributed by atoms with Gasteiger partial charge in [-0.15, -0.1) is 0 Å². The van der Waals surface area contributed by atoms with Crippen LogP contribution in [-0.2, 0) is 14.3 Å². The lowest BCUT2D eigenvalue weighted by atomic mass is 10.1. The van der Waals surface area contributed by atoms with E-state index in [2.05, 4.69) is 10.3 Å². The Labute approximate surface area is 237 Å². The number of carbonyl (C=O) groups is 2. The number of rotatable bonds is 18. The average molecular weight is 577 g/mol. The van der Waals surface area contributed by atoms with Crippen molar-refractivity contribution in [3.05, 3.63) is 45.2 Å². The van der Waals surface area contributed by atoms with Crippen LogP contribution in [0.1, 0.15) is 63.4 Å². The molecule has 0 spiro atoms. The number of amides is 1. The van der Waals surface area contributed by atoms with Gasteiger partial charge in [-0.1, -0.05) is 68.6 Å². The summed E-state index contributed by atoms with van der Waals surface area (Å²) in [5.74, 6) is -0.593. The van der Waals surface area contributed by atoms with Crippen molar-refractivity contribution in [2.75, 3.05) is 38.2 Å². The normalized spacial score (nSPS) is 14.6. The number of carboxylic acid groups (broad SMARTS) is 1. The van der Waals surface area contributed by atoms with E-state index in [1.54, 1.807) is 35.4 Å². The summed E-state index contributed by atoms with van der Waals surface area (Å²) < 4.78 is 7.21. The van der Waals surface area contributed by atoms with Gasteiger partial charge in [0.25, 0.3) is 11.5 Å². The lowest BCUT2D eigenvalue weighted by molar-refractivity contribution is -0.137. The fourth-order valence-corrected chi connectivity index (χ4v) is 5.50. The highest BCUT2D eigenvalue weighted by Crippen LogP contribution is 2.33. The molecule has 1 amide bonds. The van der Waals surface area contributed by atoms with Crippen LogP contribution in [0.25, 0.3) is 11.7 Å². The maximum absolute atomic E-state index is 13.3. The van der Waals surface area contributed by atoms with E-state index in [1.807, 2.05) is 0 Å². The average Bonchev–Trinajstić information content (AvgIpc) is 3.18. The predicted molar refractivity (Wildman–Crippen MR) is 157 cm³/mol. The SMILES string of the molecule is O=C(O)CCCCCCCCCCN1C(=O)C(=Cc2c(NCCOCCO)nc3ccccn3c2=O)SC1=S. The number of unbranched alkanes of at least 4 members (excludes halogenated alkanes) is 7. The molecule has 10 nitrogen and oxygen atoms in total. The molecule has 1 saturated heterocycles. The number of ether oxygens (including phenoxy) is 1. The van der Waals surface area contributed by atoms with Crippen molar-refractivity contribution in [2.24, 2.45) is 0 Å². The first-order valence-electron chi connectivity index (χ1n) is 13.3. The number of aliphatic carboxylic acids is 1. The lowest BCUT2D eigenvalue weighted by Gasteiger charge is -2.14. The molecule has 0 bridgehead atoms. The third-order valence-corrected chi connectivity index (χ3v) is 7.59. The van der Waals surface area contributed by atoms with Crippen molar-refractivity contribution in [1.82, 2.24) is 14.3 Å². The van der Waals surface area contributed by atoms with Crippen LogP contribution in [0, 0.1) is 0 Å². The molecule has 3 rings (SSSR count). The van der Waals surface area contributed by atoms with Gasteiger partial charge in [-0.2, -0.15) is 0 Å².